The van der Waals surface area contributed by atoms with E-state index in [9.17, 15) is 43.2 Å². The Labute approximate surface area is 467 Å². The third-order valence-electron chi connectivity index (χ3n) is 14.2. The zero-order chi connectivity index (χ0) is 58.3. The van der Waals surface area contributed by atoms with E-state index in [0.29, 0.717) is 56.2 Å². The molecule has 1 aliphatic rings. The van der Waals surface area contributed by atoms with Gasteiger partial charge in [0.05, 0.1) is 0 Å². The van der Waals surface area contributed by atoms with Gasteiger partial charge in [-0.25, -0.2) is 0 Å². The standard InChI is InChI=1S/C57H86N14O9/c1-33(2)27-45-54(77)71-48(30-36-32-63-40-18-8-6-16-38(36)40)57(80)69-46(28-34(3)4)55(78)70-47(29-35-31-62-39-17-7-5-15-37(35)39)56(79)66-42(20-10-13-25-59)51(74)67-44(22-23-49(61)72)53(76)65-41(19-9-12-24-58)50(73)64-43(52(75)68-45)21-11-14-26-60/h5-8,15-18,31-34,41-48,62-63H,9-14,19-30,58-60H2,1-4H3,(H2,61,72)(H,64,73)(H,65,76)(H,66,79)(H,67,74)(H,68,75)(H,69,80)(H,70,78)(H,71,77)/t41-,42-,43-,44-,45-,46-,47-,48-/m0/s1. The van der Waals surface area contributed by atoms with Crippen molar-refractivity contribution in [1.29, 1.82) is 0 Å². The van der Waals surface area contributed by atoms with E-state index in [1.807, 2.05) is 76.2 Å². The molecule has 0 saturated carbocycles. The van der Waals surface area contributed by atoms with Crippen molar-refractivity contribution in [3.05, 3.63) is 72.1 Å². The summed E-state index contributed by atoms with van der Waals surface area (Å²) in [7, 11) is 0. The minimum atomic E-state index is -1.46. The zero-order valence-electron chi connectivity index (χ0n) is 46.8. The van der Waals surface area contributed by atoms with E-state index in [0.717, 1.165) is 21.8 Å². The Morgan fingerprint density at radius 3 is 1.02 bits per heavy atom. The quantitative estimate of drug-likeness (QED) is 0.0464. The highest BCUT2D eigenvalue weighted by atomic mass is 16.2. The van der Waals surface area contributed by atoms with Crippen LogP contribution in [0.2, 0.25) is 0 Å². The topological polar surface area (TPSA) is 386 Å². The molecule has 0 unspecified atom stereocenters. The monoisotopic (exact) mass is 1110 g/mol. The smallest absolute Gasteiger partial charge is 0.243 e. The maximum atomic E-state index is 14.9. The minimum absolute atomic E-state index is 0.0397. The molecule has 1 aliphatic heterocycles. The van der Waals surface area contributed by atoms with Gasteiger partial charge in [-0.1, -0.05) is 64.1 Å². The first-order valence-electron chi connectivity index (χ1n) is 28.2. The van der Waals surface area contributed by atoms with Crippen molar-refractivity contribution >= 4 is 75.0 Å². The van der Waals surface area contributed by atoms with Crippen LogP contribution in [0.3, 0.4) is 0 Å². The number of benzene rings is 2. The van der Waals surface area contributed by atoms with Gasteiger partial charge in [0, 0.05) is 53.5 Å². The van der Waals surface area contributed by atoms with Gasteiger partial charge in [-0.15, -0.1) is 0 Å². The number of rotatable bonds is 23. The van der Waals surface area contributed by atoms with E-state index in [-0.39, 0.29) is 82.7 Å². The number of nitrogens with two attached hydrogens (primary N) is 4. The Kier molecular flexibility index (Phi) is 25.4. The SMILES string of the molecule is CC(C)C[C@@H]1NC(=O)[C@H](CCCCN)NC(=O)[C@H](CCCCN)NC(=O)[C@H](CCC(N)=O)NC(=O)[C@H](CCCCN)NC(=O)[C@H](Cc2c[nH]c3ccccc23)NC(=O)[C@H](CC(C)C)NC(=O)[C@H](Cc2c[nH]c3ccccc23)NC1=O. The van der Waals surface area contributed by atoms with Gasteiger partial charge in [-0.2, -0.15) is 0 Å². The van der Waals surface area contributed by atoms with Crippen molar-refractivity contribution in [3.63, 3.8) is 0 Å². The van der Waals surface area contributed by atoms with Crippen LogP contribution in [-0.2, 0) is 56.0 Å². The fraction of sp³-hybridized carbons (Fsp3) is 0.561. The van der Waals surface area contributed by atoms with Gasteiger partial charge in [0.15, 0.2) is 0 Å². The second-order valence-corrected chi connectivity index (χ2v) is 21.7. The van der Waals surface area contributed by atoms with Crippen molar-refractivity contribution in [1.82, 2.24) is 52.5 Å². The average Bonchev–Trinajstić information content (AvgIpc) is 4.03. The second kappa shape index (κ2) is 32.0. The fourth-order valence-electron chi connectivity index (χ4n) is 9.88. The number of carbonyl (C=O) groups excluding carboxylic acids is 9. The molecule has 9 amide bonds. The number of aromatic nitrogens is 2. The van der Waals surface area contributed by atoms with Gasteiger partial charge < -0.3 is 75.4 Å². The minimum Gasteiger partial charge on any atom is -0.370 e. The number of aromatic amines is 2. The summed E-state index contributed by atoms with van der Waals surface area (Å²) in [6.07, 6.45) is 5.64. The lowest BCUT2D eigenvalue weighted by Crippen LogP contribution is -2.62. The van der Waals surface area contributed by atoms with Crippen molar-refractivity contribution in [2.24, 2.45) is 34.8 Å². The molecule has 80 heavy (non-hydrogen) atoms. The first-order chi connectivity index (χ1) is 38.3. The predicted octanol–water partition coefficient (Wildman–Crippen LogP) is 1.07. The van der Waals surface area contributed by atoms with Crippen molar-refractivity contribution < 1.29 is 43.2 Å². The van der Waals surface area contributed by atoms with E-state index in [1.165, 1.54) is 0 Å². The second-order valence-electron chi connectivity index (χ2n) is 21.7. The number of hydrogen-bond acceptors (Lipinski definition) is 12. The van der Waals surface area contributed by atoms with Crippen LogP contribution in [0.1, 0.15) is 122 Å². The Balaban J connectivity index is 1.65. The summed E-state index contributed by atoms with van der Waals surface area (Å²) in [4.78, 5) is 136. The molecular weight excluding hydrogens is 1020 g/mol. The van der Waals surface area contributed by atoms with E-state index >= 15 is 0 Å². The maximum Gasteiger partial charge on any atom is 0.243 e. The normalized spacial score (nSPS) is 22.7. The molecule has 1 fully saturated rings. The first kappa shape index (κ1) is 63.5. The molecule has 2 aromatic heterocycles. The van der Waals surface area contributed by atoms with Crippen LogP contribution in [0, 0.1) is 11.8 Å². The fourth-order valence-corrected chi connectivity index (χ4v) is 9.88. The molecule has 438 valence electrons. The summed E-state index contributed by atoms with van der Waals surface area (Å²) < 4.78 is 0. The van der Waals surface area contributed by atoms with Gasteiger partial charge in [-0.3, -0.25) is 43.2 Å². The summed E-state index contributed by atoms with van der Waals surface area (Å²) in [6.45, 7) is 8.28. The first-order valence-corrected chi connectivity index (χ1v) is 28.2. The third kappa shape index (κ3) is 19.5. The Bertz CT molecular complexity index is 2720. The summed E-state index contributed by atoms with van der Waals surface area (Å²) in [5, 5.41) is 24.1. The van der Waals surface area contributed by atoms with Crippen LogP contribution in [-0.4, -0.2) is 131 Å². The molecule has 4 aromatic rings. The highest BCUT2D eigenvalue weighted by Gasteiger charge is 2.37. The van der Waals surface area contributed by atoms with E-state index in [1.54, 1.807) is 12.4 Å². The summed E-state index contributed by atoms with van der Waals surface area (Å²) in [5.74, 6) is -7.14. The molecule has 0 bridgehead atoms. The third-order valence-corrected chi connectivity index (χ3v) is 14.2. The van der Waals surface area contributed by atoms with Crippen LogP contribution in [0.25, 0.3) is 21.8 Å². The summed E-state index contributed by atoms with van der Waals surface area (Å²) in [5.41, 5.74) is 26.0. The number of H-pyrrole nitrogens is 2. The number of hydrogen-bond donors (Lipinski definition) is 14. The Hall–Kier alpha value is -7.37. The largest absolute Gasteiger partial charge is 0.370 e. The number of fused-ring (bicyclic) bond motifs is 2. The lowest BCUT2D eigenvalue weighted by molar-refractivity contribution is -0.137. The van der Waals surface area contributed by atoms with Gasteiger partial charge in [-0.05, 0) is 132 Å². The van der Waals surface area contributed by atoms with E-state index in [2.05, 4.69) is 52.5 Å². The number of nitrogens with one attached hydrogen (secondary N) is 10. The number of carbonyl (C=O) groups is 9. The van der Waals surface area contributed by atoms with E-state index < -0.39 is 101 Å². The Morgan fingerprint density at radius 2 is 0.700 bits per heavy atom. The van der Waals surface area contributed by atoms with Crippen LogP contribution in [0.4, 0.5) is 0 Å². The predicted molar refractivity (Wildman–Crippen MR) is 306 cm³/mol. The van der Waals surface area contributed by atoms with Gasteiger partial charge >= 0.3 is 0 Å². The van der Waals surface area contributed by atoms with Crippen LogP contribution >= 0.6 is 0 Å². The lowest BCUT2D eigenvalue weighted by Gasteiger charge is -2.30. The molecule has 5 rings (SSSR count). The highest BCUT2D eigenvalue weighted by Crippen LogP contribution is 2.22. The van der Waals surface area contributed by atoms with Crippen LogP contribution in [0.15, 0.2) is 60.9 Å². The molecule has 8 atom stereocenters. The molecule has 0 spiro atoms. The number of para-hydroxylation sites is 2. The van der Waals surface area contributed by atoms with Gasteiger partial charge in [0.1, 0.15) is 48.3 Å². The molecule has 18 N–H and O–H groups in total. The van der Waals surface area contributed by atoms with Crippen molar-refractivity contribution in [2.75, 3.05) is 19.6 Å². The number of primary amides is 1. The van der Waals surface area contributed by atoms with Gasteiger partial charge in [0.2, 0.25) is 53.2 Å². The zero-order valence-corrected chi connectivity index (χ0v) is 46.8. The lowest BCUT2D eigenvalue weighted by atomic mass is 9.98. The Morgan fingerprint density at radius 1 is 0.412 bits per heavy atom. The number of amides is 9. The van der Waals surface area contributed by atoms with Crippen molar-refractivity contribution in [3.8, 4) is 0 Å². The average molecular weight is 1110 g/mol. The molecule has 23 nitrogen and oxygen atoms in total. The molecule has 0 radical (unpaired) electrons. The molecular formula is C57H86N14O9. The molecule has 3 heterocycles. The van der Waals surface area contributed by atoms with Crippen LogP contribution in [0.5, 0.6) is 0 Å². The molecule has 23 heteroatoms. The highest BCUT2D eigenvalue weighted by molar-refractivity contribution is 5.99. The van der Waals surface area contributed by atoms with Gasteiger partial charge in [0.25, 0.3) is 0 Å². The van der Waals surface area contributed by atoms with Crippen molar-refractivity contribution in [2.45, 2.75) is 172 Å². The molecule has 0 aliphatic carbocycles. The van der Waals surface area contributed by atoms with E-state index in [4.69, 9.17) is 22.9 Å². The van der Waals surface area contributed by atoms with Crippen LogP contribution < -0.4 is 65.5 Å². The molecule has 1 saturated heterocycles. The summed E-state index contributed by atoms with van der Waals surface area (Å²) in [6, 6.07) is 4.37. The summed E-state index contributed by atoms with van der Waals surface area (Å²) >= 11 is 0. The number of unbranched alkanes of at least 4 members (excludes halogenated alkanes) is 3. The maximum absolute atomic E-state index is 14.9. The molecule has 2 aromatic carbocycles.